The lowest BCUT2D eigenvalue weighted by Gasteiger charge is -2.22. The molecule has 0 saturated heterocycles. The molecular weight excluding hydrogens is 340 g/mol. The Labute approximate surface area is 158 Å². The third-order valence-electron chi connectivity index (χ3n) is 4.10. The fourth-order valence-corrected chi connectivity index (χ4v) is 2.85. The maximum atomic E-state index is 11.2. The molecule has 0 aliphatic carbocycles. The monoisotopic (exact) mass is 362 g/mol. The van der Waals surface area contributed by atoms with E-state index in [0.29, 0.717) is 17.5 Å². The molecule has 0 saturated carbocycles. The molecule has 2 aromatic carbocycles. The Balaban J connectivity index is 1.94. The van der Waals surface area contributed by atoms with Crippen LogP contribution in [0.5, 0.6) is 0 Å². The van der Waals surface area contributed by atoms with E-state index in [1.54, 1.807) is 18.2 Å². The molecule has 0 aliphatic rings. The summed E-state index contributed by atoms with van der Waals surface area (Å²) in [5, 5.41) is 12.3. The minimum Gasteiger partial charge on any atom is -0.478 e. The molecule has 1 aromatic heterocycles. The molecule has 0 aliphatic heterocycles. The number of benzene rings is 2. The van der Waals surface area contributed by atoms with Crippen molar-refractivity contribution in [3.63, 3.8) is 0 Å². The van der Waals surface area contributed by atoms with Crippen molar-refractivity contribution in [2.45, 2.75) is 20.8 Å². The molecule has 3 rings (SSSR count). The summed E-state index contributed by atoms with van der Waals surface area (Å²) in [6, 6.07) is 16.7. The van der Waals surface area contributed by atoms with Crippen molar-refractivity contribution in [2.75, 3.05) is 16.8 Å². The molecule has 27 heavy (non-hydrogen) atoms. The van der Waals surface area contributed by atoms with Crippen LogP contribution in [0.25, 0.3) is 0 Å². The third kappa shape index (κ3) is 4.41. The normalized spacial score (nSPS) is 10.5. The summed E-state index contributed by atoms with van der Waals surface area (Å²) in [6.07, 6.45) is 0. The van der Waals surface area contributed by atoms with Gasteiger partial charge in [-0.05, 0) is 56.7 Å². The number of rotatable bonds is 6. The van der Waals surface area contributed by atoms with E-state index < -0.39 is 5.97 Å². The van der Waals surface area contributed by atoms with E-state index in [-0.39, 0.29) is 5.56 Å². The zero-order valence-electron chi connectivity index (χ0n) is 15.6. The van der Waals surface area contributed by atoms with Crippen molar-refractivity contribution in [1.82, 2.24) is 9.97 Å². The van der Waals surface area contributed by atoms with E-state index in [1.807, 2.05) is 36.1 Å². The number of carboxylic acid groups (broad SMARTS) is 1. The predicted molar refractivity (Wildman–Crippen MR) is 107 cm³/mol. The highest BCUT2D eigenvalue weighted by molar-refractivity contribution is 5.89. The van der Waals surface area contributed by atoms with Gasteiger partial charge in [-0.15, -0.1) is 0 Å². The smallest absolute Gasteiger partial charge is 0.335 e. The number of carbonyl (C=O) groups is 1. The number of carboxylic acids is 1. The Kier molecular flexibility index (Phi) is 5.35. The Hall–Kier alpha value is -3.41. The van der Waals surface area contributed by atoms with Gasteiger partial charge in [-0.25, -0.2) is 9.78 Å². The number of nitrogens with zero attached hydrogens (tertiary/aromatic N) is 3. The van der Waals surface area contributed by atoms with Gasteiger partial charge in [-0.3, -0.25) is 0 Å². The number of hydrogen-bond acceptors (Lipinski definition) is 5. The van der Waals surface area contributed by atoms with Gasteiger partial charge in [0.2, 0.25) is 5.95 Å². The summed E-state index contributed by atoms with van der Waals surface area (Å²) in [6.45, 7) is 6.74. The zero-order valence-corrected chi connectivity index (χ0v) is 15.6. The van der Waals surface area contributed by atoms with Crippen molar-refractivity contribution in [2.24, 2.45) is 0 Å². The summed E-state index contributed by atoms with van der Waals surface area (Å²) in [5.41, 5.74) is 3.91. The SMILES string of the molecule is CCN(c1cccc(C)c1)c1nc(C)cc(Nc2cccc(C(=O)O)c2)n1. The average molecular weight is 362 g/mol. The molecule has 0 radical (unpaired) electrons. The second-order valence-corrected chi connectivity index (χ2v) is 6.29. The topological polar surface area (TPSA) is 78.4 Å². The molecule has 0 spiro atoms. The molecule has 2 N–H and O–H groups in total. The van der Waals surface area contributed by atoms with Crippen molar-refractivity contribution in [3.8, 4) is 0 Å². The number of anilines is 4. The molecular formula is C21H22N4O2. The van der Waals surface area contributed by atoms with Crippen LogP contribution < -0.4 is 10.2 Å². The van der Waals surface area contributed by atoms with Crippen molar-refractivity contribution in [3.05, 3.63) is 71.4 Å². The summed E-state index contributed by atoms with van der Waals surface area (Å²) in [5.74, 6) is 0.251. The number of aromatic carboxylic acids is 1. The van der Waals surface area contributed by atoms with E-state index in [9.17, 15) is 4.79 Å². The van der Waals surface area contributed by atoms with E-state index in [0.717, 1.165) is 17.9 Å². The van der Waals surface area contributed by atoms with Gasteiger partial charge in [0.25, 0.3) is 0 Å². The van der Waals surface area contributed by atoms with Gasteiger partial charge in [-0.1, -0.05) is 18.2 Å². The van der Waals surface area contributed by atoms with E-state index in [1.165, 1.54) is 5.56 Å². The summed E-state index contributed by atoms with van der Waals surface area (Å²) in [7, 11) is 0. The zero-order chi connectivity index (χ0) is 19.4. The minimum atomic E-state index is -0.963. The highest BCUT2D eigenvalue weighted by Crippen LogP contribution is 2.25. The highest BCUT2D eigenvalue weighted by Gasteiger charge is 2.13. The van der Waals surface area contributed by atoms with Crippen LogP contribution in [0.3, 0.4) is 0 Å². The summed E-state index contributed by atoms with van der Waals surface area (Å²) >= 11 is 0. The molecule has 138 valence electrons. The standard InChI is InChI=1S/C21H22N4O2/c1-4-25(18-10-5-7-14(2)11-18)21-22-15(3)12-19(24-21)23-17-9-6-8-16(13-17)20(26)27/h5-13H,4H2,1-3H3,(H,26,27)(H,22,23,24). The number of aromatic nitrogens is 2. The Morgan fingerprint density at radius 1 is 1.07 bits per heavy atom. The molecule has 0 bridgehead atoms. The quantitative estimate of drug-likeness (QED) is 0.662. The van der Waals surface area contributed by atoms with Crippen LogP contribution in [0, 0.1) is 13.8 Å². The molecule has 6 nitrogen and oxygen atoms in total. The van der Waals surface area contributed by atoms with Gasteiger partial charge in [0.15, 0.2) is 0 Å². The van der Waals surface area contributed by atoms with E-state index in [4.69, 9.17) is 5.11 Å². The molecule has 0 unspecified atom stereocenters. The fourth-order valence-electron chi connectivity index (χ4n) is 2.85. The van der Waals surface area contributed by atoms with Crippen LogP contribution >= 0.6 is 0 Å². The summed E-state index contributed by atoms with van der Waals surface area (Å²) < 4.78 is 0. The Morgan fingerprint density at radius 3 is 2.56 bits per heavy atom. The first-order chi connectivity index (χ1) is 13.0. The van der Waals surface area contributed by atoms with Crippen LogP contribution in [-0.4, -0.2) is 27.6 Å². The Bertz CT molecular complexity index is 972. The van der Waals surface area contributed by atoms with Crippen LogP contribution in [-0.2, 0) is 0 Å². The molecule has 1 heterocycles. The van der Waals surface area contributed by atoms with Gasteiger partial charge in [0.1, 0.15) is 5.82 Å². The molecule has 0 amide bonds. The van der Waals surface area contributed by atoms with Gasteiger partial charge >= 0.3 is 5.97 Å². The minimum absolute atomic E-state index is 0.223. The number of aryl methyl sites for hydroxylation is 2. The lowest BCUT2D eigenvalue weighted by Crippen LogP contribution is -2.19. The van der Waals surface area contributed by atoms with E-state index >= 15 is 0 Å². The number of nitrogens with one attached hydrogen (secondary N) is 1. The second-order valence-electron chi connectivity index (χ2n) is 6.29. The third-order valence-corrected chi connectivity index (χ3v) is 4.10. The largest absolute Gasteiger partial charge is 0.478 e. The van der Waals surface area contributed by atoms with Crippen LogP contribution in [0.15, 0.2) is 54.6 Å². The highest BCUT2D eigenvalue weighted by atomic mass is 16.4. The summed E-state index contributed by atoms with van der Waals surface area (Å²) in [4.78, 5) is 22.4. The second kappa shape index (κ2) is 7.86. The lowest BCUT2D eigenvalue weighted by atomic mass is 10.2. The molecule has 0 atom stereocenters. The first kappa shape index (κ1) is 18.4. The first-order valence-corrected chi connectivity index (χ1v) is 8.76. The van der Waals surface area contributed by atoms with Gasteiger partial charge in [0, 0.05) is 29.7 Å². The van der Waals surface area contributed by atoms with E-state index in [2.05, 4.69) is 41.3 Å². The molecule has 6 heteroatoms. The molecule has 3 aromatic rings. The fraction of sp³-hybridized carbons (Fsp3) is 0.190. The predicted octanol–water partition coefficient (Wildman–Crippen LogP) is 4.69. The van der Waals surface area contributed by atoms with Gasteiger partial charge in [-0.2, -0.15) is 4.98 Å². The van der Waals surface area contributed by atoms with Gasteiger partial charge in [0.05, 0.1) is 5.56 Å². The number of hydrogen-bond donors (Lipinski definition) is 2. The average Bonchev–Trinajstić information content (AvgIpc) is 2.62. The molecule has 0 fully saturated rings. The van der Waals surface area contributed by atoms with Crippen LogP contribution in [0.2, 0.25) is 0 Å². The maximum absolute atomic E-state index is 11.2. The first-order valence-electron chi connectivity index (χ1n) is 8.76. The Morgan fingerprint density at radius 2 is 1.85 bits per heavy atom. The van der Waals surface area contributed by atoms with Crippen molar-refractivity contribution >= 4 is 29.1 Å². The van der Waals surface area contributed by atoms with Crippen molar-refractivity contribution in [1.29, 1.82) is 0 Å². The van der Waals surface area contributed by atoms with Gasteiger partial charge < -0.3 is 15.3 Å². The van der Waals surface area contributed by atoms with Crippen LogP contribution in [0.1, 0.15) is 28.5 Å². The van der Waals surface area contributed by atoms with Crippen molar-refractivity contribution < 1.29 is 9.90 Å². The van der Waals surface area contributed by atoms with Crippen LogP contribution in [0.4, 0.5) is 23.1 Å². The lowest BCUT2D eigenvalue weighted by molar-refractivity contribution is 0.0697. The maximum Gasteiger partial charge on any atom is 0.335 e.